The Morgan fingerprint density at radius 1 is 1.13 bits per heavy atom. The number of alkyl halides is 3. The molecule has 7 nitrogen and oxygen atoms in total. The van der Waals surface area contributed by atoms with Crippen molar-refractivity contribution in [1.82, 2.24) is 14.8 Å². The number of nitrogens with zero attached hydrogens (tertiary/aromatic N) is 3. The third-order valence-corrected chi connectivity index (χ3v) is 7.70. The van der Waals surface area contributed by atoms with Crippen molar-refractivity contribution >= 4 is 11.9 Å². The lowest BCUT2D eigenvalue weighted by Gasteiger charge is -2.52. The topological polar surface area (TPSA) is 83.0 Å². The lowest BCUT2D eigenvalue weighted by atomic mass is 9.70. The van der Waals surface area contributed by atoms with Crippen molar-refractivity contribution in [2.24, 2.45) is 17.8 Å². The van der Waals surface area contributed by atoms with E-state index in [1.807, 2.05) is 0 Å². The van der Waals surface area contributed by atoms with Gasteiger partial charge in [0.15, 0.2) is 6.23 Å². The number of ether oxygens (including phenoxy) is 1. The minimum atomic E-state index is -5.34. The third-order valence-electron chi connectivity index (χ3n) is 7.70. The van der Waals surface area contributed by atoms with E-state index in [1.165, 1.54) is 25.4 Å². The third kappa shape index (κ3) is 4.98. The Balaban J connectivity index is 1.73. The van der Waals surface area contributed by atoms with E-state index < -0.39 is 65.2 Å². The largest absolute Gasteiger partial charge is 0.491 e. The molecule has 4 rings (SSSR count). The number of pyridine rings is 1. The summed E-state index contributed by atoms with van der Waals surface area (Å²) in [5.41, 5.74) is -1.38. The van der Waals surface area contributed by atoms with Gasteiger partial charge in [0, 0.05) is 61.4 Å². The number of aromatic nitrogens is 1. The maximum absolute atomic E-state index is 14.7. The van der Waals surface area contributed by atoms with Gasteiger partial charge in [0.2, 0.25) is 5.91 Å². The van der Waals surface area contributed by atoms with Crippen LogP contribution in [0.25, 0.3) is 0 Å². The number of aliphatic hydroxyl groups is 1. The van der Waals surface area contributed by atoms with Crippen molar-refractivity contribution in [2.45, 2.75) is 37.8 Å². The molecule has 2 aliphatic rings. The highest BCUT2D eigenvalue weighted by molar-refractivity contribution is 5.82. The van der Waals surface area contributed by atoms with Crippen LogP contribution in [-0.4, -0.2) is 70.9 Å². The highest BCUT2D eigenvalue weighted by Crippen LogP contribution is 2.46. The number of likely N-dealkylation sites (N-methyl/N-ethyl adjacent to an activating group) is 1. The lowest BCUT2D eigenvalue weighted by molar-refractivity contribution is -0.241. The molecule has 1 amide bonds. The van der Waals surface area contributed by atoms with E-state index in [0.29, 0.717) is 11.6 Å². The van der Waals surface area contributed by atoms with Gasteiger partial charge in [-0.2, -0.15) is 13.2 Å². The van der Waals surface area contributed by atoms with Crippen molar-refractivity contribution in [1.29, 1.82) is 0 Å². The first-order valence-electron chi connectivity index (χ1n) is 12.1. The highest BCUT2D eigenvalue weighted by atomic mass is 19.4. The van der Waals surface area contributed by atoms with Crippen LogP contribution >= 0.6 is 0 Å². The molecule has 2 saturated heterocycles. The van der Waals surface area contributed by atoms with E-state index >= 15 is 0 Å². The molecule has 4 unspecified atom stereocenters. The van der Waals surface area contributed by atoms with Crippen LogP contribution in [0.15, 0.2) is 42.7 Å². The van der Waals surface area contributed by atoms with E-state index in [9.17, 15) is 36.6 Å². The zero-order valence-electron chi connectivity index (χ0n) is 21.0. The van der Waals surface area contributed by atoms with Gasteiger partial charge < -0.3 is 19.6 Å². The van der Waals surface area contributed by atoms with Crippen LogP contribution in [0.4, 0.5) is 22.0 Å². The molecule has 1 aromatic heterocycles. The summed E-state index contributed by atoms with van der Waals surface area (Å²) in [5, 5.41) is 11.7. The first-order chi connectivity index (χ1) is 17.7. The lowest BCUT2D eigenvalue weighted by Crippen LogP contribution is -2.63. The number of carbonyl (C=O) groups is 2. The number of piperidine rings is 1. The molecule has 0 saturated carbocycles. The summed E-state index contributed by atoms with van der Waals surface area (Å²) < 4.78 is 72.8. The molecule has 6 atom stereocenters. The number of carbonyl (C=O) groups excluding carboxylic acids is 2. The van der Waals surface area contributed by atoms with Crippen molar-refractivity contribution in [3.8, 4) is 0 Å². The summed E-state index contributed by atoms with van der Waals surface area (Å²) in [6, 6.07) is 6.14. The minimum absolute atomic E-state index is 0.0999. The summed E-state index contributed by atoms with van der Waals surface area (Å²) in [6.07, 6.45) is -4.28. The van der Waals surface area contributed by atoms with Crippen LogP contribution in [0.1, 0.15) is 30.9 Å². The van der Waals surface area contributed by atoms with Crippen molar-refractivity contribution in [2.75, 3.05) is 26.7 Å². The first kappa shape index (κ1) is 27.9. The predicted molar refractivity (Wildman–Crippen MR) is 124 cm³/mol. The van der Waals surface area contributed by atoms with Crippen LogP contribution < -0.4 is 0 Å². The Hall–Kier alpha value is -3.12. The fourth-order valence-corrected chi connectivity index (χ4v) is 5.76. The van der Waals surface area contributed by atoms with Gasteiger partial charge in [-0.05, 0) is 24.7 Å². The zero-order chi connectivity index (χ0) is 28.0. The SMILES string of the molecule is CC1CN(C(=O)[C@@H]2CN(C)C[C@H]2c2ccc(F)cc2F)C(OC(=O)C(F)(F)F)C(C)C1(O)c1cccnc1. The molecule has 0 spiro atoms. The Morgan fingerprint density at radius 3 is 2.45 bits per heavy atom. The maximum atomic E-state index is 14.7. The molecule has 1 aromatic carbocycles. The smallest absolute Gasteiger partial charge is 0.434 e. The van der Waals surface area contributed by atoms with Gasteiger partial charge in [0.1, 0.15) is 17.2 Å². The Labute approximate surface area is 216 Å². The van der Waals surface area contributed by atoms with Gasteiger partial charge in [-0.3, -0.25) is 9.78 Å². The molecule has 206 valence electrons. The molecule has 12 heteroatoms. The van der Waals surface area contributed by atoms with Gasteiger partial charge >= 0.3 is 12.1 Å². The Morgan fingerprint density at radius 2 is 1.84 bits per heavy atom. The Bertz CT molecular complexity index is 1200. The quantitative estimate of drug-likeness (QED) is 0.472. The molecular weight excluding hydrogens is 513 g/mol. The van der Waals surface area contributed by atoms with Gasteiger partial charge in [-0.1, -0.05) is 26.0 Å². The average molecular weight is 542 g/mol. The monoisotopic (exact) mass is 541 g/mol. The van der Waals surface area contributed by atoms with Crippen LogP contribution in [0.2, 0.25) is 0 Å². The van der Waals surface area contributed by atoms with Crippen LogP contribution in [-0.2, 0) is 19.9 Å². The number of benzene rings is 1. The van der Waals surface area contributed by atoms with E-state index in [1.54, 1.807) is 31.0 Å². The standard InChI is InChI=1S/C26H28F5N3O4/c1-14-11-34(22(35)20-13-33(3)12-19(20)18-7-6-17(27)9-21(18)28)23(38-24(36)26(29,30)31)15(2)25(14,37)16-5-4-8-32-10-16/h4-10,14-15,19-20,23,37H,11-13H2,1-3H3/t14?,15?,19-,20+,23?,25?/m0/s1. The minimum Gasteiger partial charge on any atom is -0.434 e. The predicted octanol–water partition coefficient (Wildman–Crippen LogP) is 3.44. The summed E-state index contributed by atoms with van der Waals surface area (Å²) in [4.78, 5) is 32.6. The highest BCUT2D eigenvalue weighted by Gasteiger charge is 2.56. The van der Waals surface area contributed by atoms with Gasteiger partial charge in [-0.15, -0.1) is 0 Å². The number of esters is 1. The number of halogens is 5. The molecular formula is C26H28F5N3O4. The number of hydrogen-bond acceptors (Lipinski definition) is 6. The van der Waals surface area contributed by atoms with Crippen LogP contribution in [0.3, 0.4) is 0 Å². The van der Waals surface area contributed by atoms with E-state index in [-0.39, 0.29) is 25.2 Å². The van der Waals surface area contributed by atoms with Crippen molar-refractivity contribution in [3.63, 3.8) is 0 Å². The molecule has 38 heavy (non-hydrogen) atoms. The van der Waals surface area contributed by atoms with Crippen molar-refractivity contribution < 1.29 is 41.4 Å². The van der Waals surface area contributed by atoms with Gasteiger partial charge in [-0.25, -0.2) is 13.6 Å². The number of rotatable bonds is 4. The zero-order valence-corrected chi connectivity index (χ0v) is 21.0. The van der Waals surface area contributed by atoms with E-state index in [4.69, 9.17) is 4.74 Å². The summed E-state index contributed by atoms with van der Waals surface area (Å²) in [5.74, 6) is -8.32. The fourth-order valence-electron chi connectivity index (χ4n) is 5.76. The van der Waals surface area contributed by atoms with E-state index in [0.717, 1.165) is 11.0 Å². The second kappa shape index (κ2) is 10.2. The van der Waals surface area contributed by atoms with Crippen molar-refractivity contribution in [3.05, 3.63) is 65.5 Å². The molecule has 0 radical (unpaired) electrons. The normalized spacial score (nSPS) is 30.3. The van der Waals surface area contributed by atoms with Gasteiger partial charge in [0.05, 0.1) is 5.92 Å². The average Bonchev–Trinajstić information content (AvgIpc) is 3.24. The molecule has 2 fully saturated rings. The van der Waals surface area contributed by atoms with Crippen LogP contribution in [0, 0.1) is 29.4 Å². The van der Waals surface area contributed by atoms with Gasteiger partial charge in [0.25, 0.3) is 0 Å². The maximum Gasteiger partial charge on any atom is 0.491 e. The number of hydrogen-bond donors (Lipinski definition) is 1. The molecule has 2 aromatic rings. The first-order valence-corrected chi connectivity index (χ1v) is 12.1. The number of likely N-dealkylation sites (tertiary alicyclic amines) is 2. The summed E-state index contributed by atoms with van der Waals surface area (Å²) >= 11 is 0. The molecule has 0 bridgehead atoms. The molecule has 0 aliphatic carbocycles. The fraction of sp³-hybridized carbons (Fsp3) is 0.500. The summed E-state index contributed by atoms with van der Waals surface area (Å²) in [6.45, 7) is 3.17. The molecule has 1 N–H and O–H groups in total. The Kier molecular flexibility index (Phi) is 7.50. The van der Waals surface area contributed by atoms with Crippen LogP contribution in [0.5, 0.6) is 0 Å². The molecule has 3 heterocycles. The number of amides is 1. The second-order valence-corrected chi connectivity index (χ2v) is 10.1. The second-order valence-electron chi connectivity index (χ2n) is 10.1. The molecule has 2 aliphatic heterocycles. The summed E-state index contributed by atoms with van der Waals surface area (Å²) in [7, 11) is 1.70. The van der Waals surface area contributed by atoms with E-state index in [2.05, 4.69) is 4.98 Å².